The molecule has 0 spiro atoms. The Hall–Kier alpha value is -0.300. The van der Waals surface area contributed by atoms with Gasteiger partial charge in [0.1, 0.15) is 0 Å². The highest BCUT2D eigenvalue weighted by molar-refractivity contribution is 5.10. The third-order valence-electron chi connectivity index (χ3n) is 5.29. The number of likely N-dealkylation sites (N-methyl/N-ethyl adjacent to an activating group) is 1. The molecule has 4 bridgehead atoms. The lowest BCUT2D eigenvalue weighted by atomic mass is 9.47. The molecule has 15 heavy (non-hydrogen) atoms. The molecule has 84 valence electrons. The second-order valence-corrected chi connectivity index (χ2v) is 6.28. The first-order valence-corrected chi connectivity index (χ1v) is 6.55. The van der Waals surface area contributed by atoms with Gasteiger partial charge in [0, 0.05) is 6.04 Å². The summed E-state index contributed by atoms with van der Waals surface area (Å²) in [6, 6.07) is 0.561. The molecule has 0 saturated heterocycles. The summed E-state index contributed by atoms with van der Waals surface area (Å²) in [7, 11) is 2.10. The number of rotatable bonds is 3. The standard InChI is InChI=1S/C14H23N/c1-3-13(15-2)14-7-10-4-11(8-14)6-12(5-10)9-14/h3,10-13,15H,1,4-9H2,2H3. The first-order valence-electron chi connectivity index (χ1n) is 6.55. The summed E-state index contributed by atoms with van der Waals surface area (Å²) in [6.07, 6.45) is 11.2. The van der Waals surface area contributed by atoms with Crippen molar-refractivity contribution in [3.8, 4) is 0 Å². The molecule has 1 atom stereocenters. The molecule has 1 unspecified atom stereocenters. The average molecular weight is 205 g/mol. The Morgan fingerprint density at radius 3 is 1.93 bits per heavy atom. The van der Waals surface area contributed by atoms with Crippen LogP contribution in [0.4, 0.5) is 0 Å². The van der Waals surface area contributed by atoms with Crippen molar-refractivity contribution in [2.24, 2.45) is 23.2 Å². The van der Waals surface area contributed by atoms with E-state index >= 15 is 0 Å². The smallest absolute Gasteiger partial charge is 0.0301 e. The molecule has 0 aromatic carbocycles. The molecular formula is C14H23N. The number of nitrogens with one attached hydrogen (secondary N) is 1. The van der Waals surface area contributed by atoms with Crippen molar-refractivity contribution in [1.29, 1.82) is 0 Å². The van der Waals surface area contributed by atoms with Crippen molar-refractivity contribution in [2.75, 3.05) is 7.05 Å². The molecule has 4 aliphatic rings. The lowest BCUT2D eigenvalue weighted by Crippen LogP contribution is -2.54. The summed E-state index contributed by atoms with van der Waals surface area (Å²) < 4.78 is 0. The van der Waals surface area contributed by atoms with E-state index in [1.807, 2.05) is 0 Å². The predicted molar refractivity (Wildman–Crippen MR) is 63.6 cm³/mol. The van der Waals surface area contributed by atoms with Crippen molar-refractivity contribution in [3.05, 3.63) is 12.7 Å². The normalized spacial score (nSPS) is 49.3. The van der Waals surface area contributed by atoms with Gasteiger partial charge in [-0.1, -0.05) is 6.08 Å². The second-order valence-electron chi connectivity index (χ2n) is 6.28. The maximum atomic E-state index is 4.03. The summed E-state index contributed by atoms with van der Waals surface area (Å²) in [5.74, 6) is 3.14. The van der Waals surface area contributed by atoms with E-state index in [9.17, 15) is 0 Å². The van der Waals surface area contributed by atoms with Crippen LogP contribution < -0.4 is 5.32 Å². The Morgan fingerprint density at radius 1 is 1.13 bits per heavy atom. The van der Waals surface area contributed by atoms with Crippen LogP contribution in [-0.4, -0.2) is 13.1 Å². The largest absolute Gasteiger partial charge is 0.313 e. The average Bonchev–Trinajstić information content (AvgIpc) is 2.16. The first-order chi connectivity index (χ1) is 7.25. The molecule has 4 aliphatic carbocycles. The van der Waals surface area contributed by atoms with Gasteiger partial charge in [-0.05, 0) is 68.7 Å². The van der Waals surface area contributed by atoms with Crippen LogP contribution in [-0.2, 0) is 0 Å². The van der Waals surface area contributed by atoms with Crippen molar-refractivity contribution >= 4 is 0 Å². The van der Waals surface area contributed by atoms with E-state index in [4.69, 9.17) is 0 Å². The molecular weight excluding hydrogens is 182 g/mol. The summed E-state index contributed by atoms with van der Waals surface area (Å²) >= 11 is 0. The fourth-order valence-corrected chi connectivity index (χ4v) is 5.23. The van der Waals surface area contributed by atoms with Gasteiger partial charge >= 0.3 is 0 Å². The van der Waals surface area contributed by atoms with Crippen molar-refractivity contribution in [1.82, 2.24) is 5.32 Å². The van der Waals surface area contributed by atoms with E-state index in [0.717, 1.165) is 17.8 Å². The summed E-state index contributed by atoms with van der Waals surface area (Å²) in [6.45, 7) is 4.03. The first kappa shape index (κ1) is 9.89. The Bertz CT molecular complexity index is 233. The van der Waals surface area contributed by atoms with Crippen LogP contribution in [0.5, 0.6) is 0 Å². The highest BCUT2D eigenvalue weighted by Gasteiger charge is 2.53. The van der Waals surface area contributed by atoms with E-state index < -0.39 is 0 Å². The molecule has 1 nitrogen and oxygen atoms in total. The van der Waals surface area contributed by atoms with Gasteiger partial charge in [-0.15, -0.1) is 6.58 Å². The lowest BCUT2D eigenvalue weighted by Gasteiger charge is -2.59. The predicted octanol–water partition coefficient (Wildman–Crippen LogP) is 2.98. The molecule has 4 rings (SSSR count). The zero-order valence-corrected chi connectivity index (χ0v) is 9.84. The SMILES string of the molecule is C=CC(NC)C12CC3CC(CC(C3)C1)C2. The molecule has 0 aromatic rings. The lowest BCUT2D eigenvalue weighted by molar-refractivity contribution is -0.0638. The zero-order valence-electron chi connectivity index (χ0n) is 9.84. The van der Waals surface area contributed by atoms with Gasteiger partial charge in [-0.3, -0.25) is 0 Å². The molecule has 1 heteroatoms. The van der Waals surface area contributed by atoms with Crippen LogP contribution in [0.25, 0.3) is 0 Å². The van der Waals surface area contributed by atoms with Crippen LogP contribution in [0.15, 0.2) is 12.7 Å². The molecule has 0 radical (unpaired) electrons. The van der Waals surface area contributed by atoms with E-state index in [-0.39, 0.29) is 0 Å². The summed E-state index contributed by atoms with van der Waals surface area (Å²) in [5.41, 5.74) is 0.589. The van der Waals surface area contributed by atoms with E-state index in [2.05, 4.69) is 25.0 Å². The Morgan fingerprint density at radius 2 is 1.60 bits per heavy atom. The minimum absolute atomic E-state index is 0.561. The monoisotopic (exact) mass is 205 g/mol. The van der Waals surface area contributed by atoms with Gasteiger partial charge in [0.15, 0.2) is 0 Å². The topological polar surface area (TPSA) is 12.0 Å². The Balaban J connectivity index is 1.89. The van der Waals surface area contributed by atoms with Gasteiger partial charge < -0.3 is 5.32 Å². The maximum absolute atomic E-state index is 4.03. The molecule has 0 aliphatic heterocycles. The maximum Gasteiger partial charge on any atom is 0.0301 e. The molecule has 0 heterocycles. The third-order valence-corrected chi connectivity index (χ3v) is 5.29. The fraction of sp³-hybridized carbons (Fsp3) is 0.857. The quantitative estimate of drug-likeness (QED) is 0.698. The van der Waals surface area contributed by atoms with Gasteiger partial charge in [-0.2, -0.15) is 0 Å². The van der Waals surface area contributed by atoms with Gasteiger partial charge in [0.05, 0.1) is 0 Å². The molecule has 4 fully saturated rings. The minimum atomic E-state index is 0.561. The Kier molecular flexibility index (Phi) is 2.21. The van der Waals surface area contributed by atoms with E-state index in [0.29, 0.717) is 11.5 Å². The zero-order chi connectivity index (χ0) is 10.5. The van der Waals surface area contributed by atoms with Gasteiger partial charge in [-0.25, -0.2) is 0 Å². The van der Waals surface area contributed by atoms with Crippen LogP contribution >= 0.6 is 0 Å². The van der Waals surface area contributed by atoms with Crippen LogP contribution in [0.1, 0.15) is 38.5 Å². The molecule has 0 amide bonds. The van der Waals surface area contributed by atoms with Gasteiger partial charge in [0.25, 0.3) is 0 Å². The van der Waals surface area contributed by atoms with Crippen molar-refractivity contribution < 1.29 is 0 Å². The number of hydrogen-bond donors (Lipinski definition) is 1. The summed E-state index contributed by atoms with van der Waals surface area (Å²) in [4.78, 5) is 0. The summed E-state index contributed by atoms with van der Waals surface area (Å²) in [5, 5.41) is 3.49. The molecule has 0 aromatic heterocycles. The van der Waals surface area contributed by atoms with Crippen LogP contribution in [0, 0.1) is 23.2 Å². The van der Waals surface area contributed by atoms with Gasteiger partial charge in [0.2, 0.25) is 0 Å². The molecule has 4 saturated carbocycles. The minimum Gasteiger partial charge on any atom is -0.313 e. The molecule has 1 N–H and O–H groups in total. The highest BCUT2D eigenvalue weighted by Crippen LogP contribution is 2.61. The van der Waals surface area contributed by atoms with Crippen LogP contribution in [0.3, 0.4) is 0 Å². The van der Waals surface area contributed by atoms with Crippen molar-refractivity contribution in [3.63, 3.8) is 0 Å². The number of hydrogen-bond acceptors (Lipinski definition) is 1. The van der Waals surface area contributed by atoms with Crippen LogP contribution in [0.2, 0.25) is 0 Å². The second kappa shape index (κ2) is 3.35. The third kappa shape index (κ3) is 1.39. The van der Waals surface area contributed by atoms with E-state index in [1.165, 1.54) is 38.5 Å². The Labute approximate surface area is 93.3 Å². The fourth-order valence-electron chi connectivity index (χ4n) is 5.23. The van der Waals surface area contributed by atoms with Crippen molar-refractivity contribution in [2.45, 2.75) is 44.6 Å². The van der Waals surface area contributed by atoms with E-state index in [1.54, 1.807) is 0 Å². The highest BCUT2D eigenvalue weighted by atomic mass is 14.9.